The van der Waals surface area contributed by atoms with Crippen molar-refractivity contribution in [2.24, 2.45) is 5.41 Å². The molecule has 0 radical (unpaired) electrons. The molecule has 0 spiro atoms. The van der Waals surface area contributed by atoms with Gasteiger partial charge in [0.2, 0.25) is 0 Å². The van der Waals surface area contributed by atoms with E-state index in [1.54, 1.807) is 13.8 Å². The molecule has 0 bridgehead atoms. The van der Waals surface area contributed by atoms with Crippen LogP contribution in [0, 0.1) is 11.2 Å². The van der Waals surface area contributed by atoms with E-state index in [0.29, 0.717) is 6.42 Å². The van der Waals surface area contributed by atoms with Gasteiger partial charge < -0.3 is 10.4 Å². The van der Waals surface area contributed by atoms with E-state index in [-0.39, 0.29) is 17.1 Å². The molecule has 1 atom stereocenters. The van der Waals surface area contributed by atoms with E-state index in [2.05, 4.69) is 5.32 Å². The van der Waals surface area contributed by atoms with E-state index in [9.17, 15) is 14.0 Å². The molecule has 0 aliphatic rings. The highest BCUT2D eigenvalue weighted by molar-refractivity contribution is 6.31. The Bertz CT molecular complexity index is 507. The third-order valence-electron chi connectivity index (χ3n) is 3.12. The first-order valence-electron chi connectivity index (χ1n) is 5.77. The molecule has 0 aromatic heterocycles. The fourth-order valence-electron chi connectivity index (χ4n) is 1.37. The average Bonchev–Trinajstić information content (AvgIpc) is 2.38. The molecule has 1 rings (SSSR count). The Balaban J connectivity index is 2.75. The zero-order valence-corrected chi connectivity index (χ0v) is 11.4. The van der Waals surface area contributed by atoms with E-state index in [1.165, 1.54) is 12.1 Å². The fraction of sp³-hybridized carbons (Fsp3) is 0.385. The van der Waals surface area contributed by atoms with E-state index in [0.717, 1.165) is 6.07 Å². The van der Waals surface area contributed by atoms with E-state index < -0.39 is 23.1 Å². The van der Waals surface area contributed by atoms with Gasteiger partial charge in [-0.1, -0.05) is 18.5 Å². The lowest BCUT2D eigenvalue weighted by Gasteiger charge is -2.23. The van der Waals surface area contributed by atoms with Crippen molar-refractivity contribution in [3.05, 3.63) is 34.6 Å². The van der Waals surface area contributed by atoms with Crippen LogP contribution in [0.25, 0.3) is 0 Å². The molecular weight excluding hydrogens is 273 g/mol. The summed E-state index contributed by atoms with van der Waals surface area (Å²) in [7, 11) is 0. The minimum atomic E-state index is -1.03. The van der Waals surface area contributed by atoms with Crippen LogP contribution in [0.4, 0.5) is 4.39 Å². The second-order valence-electron chi connectivity index (χ2n) is 4.53. The van der Waals surface area contributed by atoms with Crippen LogP contribution in [0.5, 0.6) is 0 Å². The van der Waals surface area contributed by atoms with Gasteiger partial charge in [0.05, 0.1) is 10.4 Å². The highest BCUT2D eigenvalue weighted by Crippen LogP contribution is 2.20. The predicted octanol–water partition coefficient (Wildman–Crippen LogP) is 2.71. The van der Waals surface area contributed by atoms with Crippen molar-refractivity contribution in [3.63, 3.8) is 0 Å². The molecule has 2 N–H and O–H groups in total. The summed E-state index contributed by atoms with van der Waals surface area (Å²) in [6.07, 6.45) is 0.382. The van der Waals surface area contributed by atoms with E-state index in [4.69, 9.17) is 16.7 Å². The lowest BCUT2D eigenvalue weighted by atomic mass is 9.87. The van der Waals surface area contributed by atoms with Gasteiger partial charge in [-0.3, -0.25) is 9.59 Å². The monoisotopic (exact) mass is 287 g/mol. The summed E-state index contributed by atoms with van der Waals surface area (Å²) in [5.41, 5.74) is -0.838. The van der Waals surface area contributed by atoms with Gasteiger partial charge in [-0.05, 0) is 31.5 Å². The zero-order valence-electron chi connectivity index (χ0n) is 10.7. The standard InChI is InChI=1S/C13H15ClFNO3/c1-3-13(2,12(18)19)7-16-11(17)8-4-5-10(15)9(14)6-8/h4-6H,3,7H2,1-2H3,(H,16,17)(H,18,19). The van der Waals surface area contributed by atoms with Crippen LogP contribution in [0.1, 0.15) is 30.6 Å². The number of hydrogen-bond acceptors (Lipinski definition) is 2. The number of halogens is 2. The van der Waals surface area contributed by atoms with Crippen molar-refractivity contribution in [2.45, 2.75) is 20.3 Å². The normalized spacial score (nSPS) is 13.7. The summed E-state index contributed by atoms with van der Waals surface area (Å²) < 4.78 is 13.0. The van der Waals surface area contributed by atoms with Gasteiger partial charge in [0, 0.05) is 12.1 Å². The van der Waals surface area contributed by atoms with E-state index >= 15 is 0 Å². The second-order valence-corrected chi connectivity index (χ2v) is 4.94. The molecule has 1 unspecified atom stereocenters. The molecule has 1 amide bonds. The summed E-state index contributed by atoms with van der Waals surface area (Å²) in [6, 6.07) is 3.59. The summed E-state index contributed by atoms with van der Waals surface area (Å²) in [5, 5.41) is 11.4. The van der Waals surface area contributed by atoms with Crippen LogP contribution < -0.4 is 5.32 Å². The second kappa shape index (κ2) is 6.02. The van der Waals surface area contributed by atoms with Gasteiger partial charge in [-0.25, -0.2) is 4.39 Å². The van der Waals surface area contributed by atoms with Crippen molar-refractivity contribution in [1.29, 1.82) is 0 Å². The smallest absolute Gasteiger partial charge is 0.311 e. The number of aliphatic carboxylic acids is 1. The van der Waals surface area contributed by atoms with Gasteiger partial charge in [0.25, 0.3) is 5.91 Å². The molecular formula is C13H15ClFNO3. The maximum atomic E-state index is 13.0. The van der Waals surface area contributed by atoms with Crippen LogP contribution >= 0.6 is 11.6 Å². The topological polar surface area (TPSA) is 66.4 Å². The number of carbonyl (C=O) groups is 2. The molecule has 1 aromatic rings. The number of carboxylic acid groups (broad SMARTS) is 1. The van der Waals surface area contributed by atoms with Crippen molar-refractivity contribution in [2.75, 3.05) is 6.54 Å². The maximum absolute atomic E-state index is 13.0. The fourth-order valence-corrected chi connectivity index (χ4v) is 1.55. The Labute approximate surface area is 115 Å². The third kappa shape index (κ3) is 3.67. The SMILES string of the molecule is CCC(C)(CNC(=O)c1ccc(F)c(Cl)c1)C(=O)O. The van der Waals surface area contributed by atoms with Gasteiger partial charge >= 0.3 is 5.97 Å². The largest absolute Gasteiger partial charge is 0.481 e. The Hall–Kier alpha value is -1.62. The number of amides is 1. The number of rotatable bonds is 5. The molecule has 0 heterocycles. The summed E-state index contributed by atoms with van der Waals surface area (Å²) in [4.78, 5) is 22.9. The quantitative estimate of drug-likeness (QED) is 0.875. The average molecular weight is 288 g/mol. The molecule has 104 valence electrons. The highest BCUT2D eigenvalue weighted by Gasteiger charge is 2.31. The Morgan fingerprint density at radius 2 is 2.11 bits per heavy atom. The first-order chi connectivity index (χ1) is 8.80. The number of benzene rings is 1. The Morgan fingerprint density at radius 1 is 1.47 bits per heavy atom. The number of hydrogen-bond donors (Lipinski definition) is 2. The third-order valence-corrected chi connectivity index (χ3v) is 3.41. The first kappa shape index (κ1) is 15.4. The number of nitrogens with one attached hydrogen (secondary N) is 1. The number of carbonyl (C=O) groups excluding carboxylic acids is 1. The molecule has 0 saturated carbocycles. The van der Waals surface area contributed by atoms with Crippen LogP contribution in [-0.4, -0.2) is 23.5 Å². The first-order valence-corrected chi connectivity index (χ1v) is 6.14. The molecule has 19 heavy (non-hydrogen) atoms. The van der Waals surface area contributed by atoms with E-state index in [1.807, 2.05) is 0 Å². The molecule has 6 heteroatoms. The molecule has 0 aliphatic heterocycles. The molecule has 0 fully saturated rings. The maximum Gasteiger partial charge on any atom is 0.311 e. The molecule has 1 aromatic carbocycles. The van der Waals surface area contributed by atoms with Crippen LogP contribution in [-0.2, 0) is 4.79 Å². The summed E-state index contributed by atoms with van der Waals surface area (Å²) >= 11 is 5.58. The lowest BCUT2D eigenvalue weighted by molar-refractivity contribution is -0.147. The minimum absolute atomic E-state index is 0.00728. The predicted molar refractivity (Wildman–Crippen MR) is 69.8 cm³/mol. The Morgan fingerprint density at radius 3 is 2.58 bits per heavy atom. The zero-order chi connectivity index (χ0) is 14.6. The van der Waals surface area contributed by atoms with Gasteiger partial charge in [-0.2, -0.15) is 0 Å². The van der Waals surface area contributed by atoms with Gasteiger partial charge in [-0.15, -0.1) is 0 Å². The minimum Gasteiger partial charge on any atom is -0.481 e. The Kier molecular flexibility index (Phi) is 4.89. The van der Waals surface area contributed by atoms with Crippen LogP contribution in [0.3, 0.4) is 0 Å². The molecule has 0 aliphatic carbocycles. The van der Waals surface area contributed by atoms with Crippen LogP contribution in [0.15, 0.2) is 18.2 Å². The number of carboxylic acids is 1. The van der Waals surface area contributed by atoms with Crippen molar-refractivity contribution < 1.29 is 19.1 Å². The molecule has 4 nitrogen and oxygen atoms in total. The lowest BCUT2D eigenvalue weighted by Crippen LogP contribution is -2.40. The van der Waals surface area contributed by atoms with Crippen molar-refractivity contribution in [3.8, 4) is 0 Å². The molecule has 0 saturated heterocycles. The summed E-state index contributed by atoms with van der Waals surface area (Å²) in [5.74, 6) is -2.07. The highest BCUT2D eigenvalue weighted by atomic mass is 35.5. The van der Waals surface area contributed by atoms with Gasteiger partial charge in [0.1, 0.15) is 5.82 Å². The van der Waals surface area contributed by atoms with Crippen LogP contribution in [0.2, 0.25) is 5.02 Å². The van der Waals surface area contributed by atoms with Crippen molar-refractivity contribution >= 4 is 23.5 Å². The van der Waals surface area contributed by atoms with Crippen molar-refractivity contribution in [1.82, 2.24) is 5.32 Å². The summed E-state index contributed by atoms with van der Waals surface area (Å²) in [6.45, 7) is 3.27. The van der Waals surface area contributed by atoms with Gasteiger partial charge in [0.15, 0.2) is 0 Å².